The molecule has 5 rings (SSSR count). The molecular weight excluding hydrogens is 290 g/mol. The molecule has 24 heavy (non-hydrogen) atoms. The van der Waals surface area contributed by atoms with Crippen LogP contribution in [-0.2, 0) is 6.42 Å². The first-order valence-electron chi connectivity index (χ1n) is 8.35. The summed E-state index contributed by atoms with van der Waals surface area (Å²) in [5.41, 5.74) is 7.63. The van der Waals surface area contributed by atoms with Crippen LogP contribution in [0.1, 0.15) is 11.1 Å². The molecule has 1 heterocycles. The van der Waals surface area contributed by atoms with Gasteiger partial charge in [0.05, 0.1) is 0 Å². The first kappa shape index (κ1) is 13.4. The van der Waals surface area contributed by atoms with Crippen LogP contribution >= 0.6 is 0 Å². The minimum Gasteiger partial charge on any atom is -0.355 e. The monoisotopic (exact) mass is 307 g/mol. The van der Waals surface area contributed by atoms with Crippen molar-refractivity contribution in [3.8, 4) is 11.1 Å². The topological polar surface area (TPSA) is 12.0 Å². The smallest absolute Gasteiger partial charge is 0.0464 e. The Balaban J connectivity index is 1.93. The zero-order valence-electron chi connectivity index (χ0n) is 13.3. The summed E-state index contributed by atoms with van der Waals surface area (Å²) in [6.45, 7) is 0. The van der Waals surface area contributed by atoms with E-state index in [9.17, 15) is 0 Å². The van der Waals surface area contributed by atoms with Gasteiger partial charge in [-0.05, 0) is 39.6 Å². The molecule has 0 aromatic heterocycles. The van der Waals surface area contributed by atoms with Crippen molar-refractivity contribution in [1.82, 2.24) is 0 Å². The number of rotatable bonds is 0. The fourth-order valence-electron chi connectivity index (χ4n) is 3.76. The van der Waals surface area contributed by atoms with Crippen LogP contribution in [0.3, 0.4) is 0 Å². The molecule has 1 heteroatoms. The van der Waals surface area contributed by atoms with E-state index >= 15 is 0 Å². The largest absolute Gasteiger partial charge is 0.355 e. The lowest BCUT2D eigenvalue weighted by Gasteiger charge is -2.14. The fraction of sp³-hybridized carbons (Fsp3) is 0.0435. The summed E-state index contributed by atoms with van der Waals surface area (Å²) in [5, 5.41) is 6.33. The quantitative estimate of drug-likeness (QED) is 0.361. The molecule has 1 N–H and O–H groups in total. The maximum absolute atomic E-state index is 3.66. The van der Waals surface area contributed by atoms with Crippen LogP contribution in [0, 0.1) is 0 Å². The Morgan fingerprint density at radius 3 is 2.12 bits per heavy atom. The summed E-state index contributed by atoms with van der Waals surface area (Å²) in [6, 6.07) is 30.4. The van der Waals surface area contributed by atoms with Gasteiger partial charge in [0.2, 0.25) is 0 Å². The number of fused-ring (bicyclic) bond motifs is 3. The number of nitrogens with one attached hydrogen (secondary N) is 1. The van der Waals surface area contributed by atoms with Gasteiger partial charge in [-0.3, -0.25) is 0 Å². The minimum absolute atomic E-state index is 0.936. The summed E-state index contributed by atoms with van der Waals surface area (Å²) >= 11 is 0. The molecule has 1 aliphatic rings. The molecular formula is C23H17N. The van der Waals surface area contributed by atoms with Crippen molar-refractivity contribution < 1.29 is 0 Å². The Labute approximate surface area is 141 Å². The molecule has 0 bridgehead atoms. The standard InChI is InChI=1S/C23H17N/c1-3-13-21-17(7-1)15-18-10-5-8-16-9-6-12-20(23(16)18)19-11-2-4-14-22(19)24-21/h1-14,24H,15H2. The van der Waals surface area contributed by atoms with Gasteiger partial charge >= 0.3 is 0 Å². The Morgan fingerprint density at radius 1 is 0.542 bits per heavy atom. The van der Waals surface area contributed by atoms with Crippen molar-refractivity contribution in [1.29, 1.82) is 0 Å². The van der Waals surface area contributed by atoms with Gasteiger partial charge in [0.1, 0.15) is 0 Å². The Kier molecular flexibility index (Phi) is 2.92. The van der Waals surface area contributed by atoms with Crippen LogP contribution < -0.4 is 5.32 Å². The Morgan fingerprint density at radius 2 is 1.21 bits per heavy atom. The lowest BCUT2D eigenvalue weighted by molar-refractivity contribution is 1.22. The molecule has 1 nitrogen and oxygen atoms in total. The molecule has 0 unspecified atom stereocenters. The Hall–Kier alpha value is -3.06. The van der Waals surface area contributed by atoms with Crippen LogP contribution in [0.2, 0.25) is 0 Å². The molecule has 0 saturated heterocycles. The lowest BCUT2D eigenvalue weighted by atomic mass is 9.92. The SMILES string of the molecule is c1ccc2c(c1)Cc1cccc3cccc(c13)-c1ccccc1N2. The second kappa shape index (κ2) is 5.24. The third-order valence-electron chi connectivity index (χ3n) is 4.88. The predicted octanol–water partition coefficient (Wildman–Crippen LogP) is 6.15. The van der Waals surface area contributed by atoms with E-state index < -0.39 is 0 Å². The normalized spacial score (nSPS) is 12.3. The van der Waals surface area contributed by atoms with Crippen molar-refractivity contribution in [3.05, 3.63) is 96.1 Å². The molecule has 1 aliphatic heterocycles. The molecule has 0 spiro atoms. The lowest BCUT2D eigenvalue weighted by Crippen LogP contribution is -1.96. The van der Waals surface area contributed by atoms with Crippen molar-refractivity contribution >= 4 is 22.1 Å². The average Bonchev–Trinajstić information content (AvgIpc) is 2.69. The van der Waals surface area contributed by atoms with E-state index in [2.05, 4.69) is 90.2 Å². The molecule has 0 fully saturated rings. The van der Waals surface area contributed by atoms with Gasteiger partial charge in [0.25, 0.3) is 0 Å². The highest BCUT2D eigenvalue weighted by Crippen LogP contribution is 2.39. The van der Waals surface area contributed by atoms with Gasteiger partial charge in [-0.15, -0.1) is 0 Å². The highest BCUT2D eigenvalue weighted by atomic mass is 14.9. The van der Waals surface area contributed by atoms with E-state index in [0.717, 1.165) is 12.1 Å². The number of hydrogen-bond donors (Lipinski definition) is 1. The third kappa shape index (κ3) is 2.02. The summed E-state index contributed by atoms with van der Waals surface area (Å²) in [4.78, 5) is 0. The van der Waals surface area contributed by atoms with E-state index in [1.807, 2.05) is 0 Å². The minimum atomic E-state index is 0.936. The zero-order valence-corrected chi connectivity index (χ0v) is 13.3. The second-order valence-electron chi connectivity index (χ2n) is 6.33. The number of hydrogen-bond acceptors (Lipinski definition) is 1. The van der Waals surface area contributed by atoms with Gasteiger partial charge in [-0.1, -0.05) is 72.8 Å². The van der Waals surface area contributed by atoms with Crippen molar-refractivity contribution in [2.24, 2.45) is 0 Å². The van der Waals surface area contributed by atoms with Crippen molar-refractivity contribution in [2.45, 2.75) is 6.42 Å². The van der Waals surface area contributed by atoms with Crippen molar-refractivity contribution in [2.75, 3.05) is 5.32 Å². The number of benzene rings is 4. The van der Waals surface area contributed by atoms with Gasteiger partial charge in [-0.2, -0.15) is 0 Å². The van der Waals surface area contributed by atoms with Gasteiger partial charge in [-0.25, -0.2) is 0 Å². The fourth-order valence-corrected chi connectivity index (χ4v) is 3.76. The van der Waals surface area contributed by atoms with Gasteiger partial charge in [0, 0.05) is 23.4 Å². The first-order chi connectivity index (χ1) is 11.9. The van der Waals surface area contributed by atoms with E-state index in [1.165, 1.54) is 38.7 Å². The third-order valence-corrected chi connectivity index (χ3v) is 4.88. The molecule has 114 valence electrons. The maximum Gasteiger partial charge on any atom is 0.0464 e. The van der Waals surface area contributed by atoms with E-state index in [-0.39, 0.29) is 0 Å². The van der Waals surface area contributed by atoms with E-state index in [0.29, 0.717) is 0 Å². The second-order valence-corrected chi connectivity index (χ2v) is 6.33. The predicted molar refractivity (Wildman–Crippen MR) is 102 cm³/mol. The van der Waals surface area contributed by atoms with Crippen LogP contribution in [0.25, 0.3) is 21.9 Å². The van der Waals surface area contributed by atoms with Gasteiger partial charge < -0.3 is 5.32 Å². The summed E-state index contributed by atoms with van der Waals surface area (Å²) < 4.78 is 0. The molecule has 4 aromatic carbocycles. The maximum atomic E-state index is 3.66. The molecule has 0 aliphatic carbocycles. The number of anilines is 2. The summed E-state index contributed by atoms with van der Waals surface area (Å²) in [6.07, 6.45) is 0.936. The molecule has 0 amide bonds. The molecule has 0 radical (unpaired) electrons. The zero-order chi connectivity index (χ0) is 15.9. The Bertz CT molecular complexity index is 1060. The molecule has 4 aromatic rings. The van der Waals surface area contributed by atoms with E-state index in [1.54, 1.807) is 0 Å². The molecule has 0 saturated carbocycles. The van der Waals surface area contributed by atoms with Crippen LogP contribution in [0.4, 0.5) is 11.4 Å². The summed E-state index contributed by atoms with van der Waals surface area (Å²) in [5.74, 6) is 0. The number of para-hydroxylation sites is 2. The van der Waals surface area contributed by atoms with Gasteiger partial charge in [0.15, 0.2) is 0 Å². The highest BCUT2D eigenvalue weighted by molar-refractivity contribution is 6.02. The van der Waals surface area contributed by atoms with Crippen LogP contribution in [-0.4, -0.2) is 0 Å². The molecule has 0 atom stereocenters. The first-order valence-corrected chi connectivity index (χ1v) is 8.35. The highest BCUT2D eigenvalue weighted by Gasteiger charge is 2.15. The van der Waals surface area contributed by atoms with Crippen LogP contribution in [0.5, 0.6) is 0 Å². The summed E-state index contributed by atoms with van der Waals surface area (Å²) in [7, 11) is 0. The van der Waals surface area contributed by atoms with Crippen LogP contribution in [0.15, 0.2) is 84.9 Å². The van der Waals surface area contributed by atoms with E-state index in [4.69, 9.17) is 0 Å². The van der Waals surface area contributed by atoms with Crippen molar-refractivity contribution in [3.63, 3.8) is 0 Å². The average molecular weight is 307 g/mol.